The molecule has 0 radical (unpaired) electrons. The summed E-state index contributed by atoms with van der Waals surface area (Å²) in [7, 11) is 0. The topological polar surface area (TPSA) is 37.4 Å². The number of fused-ring (bicyclic) bond motifs is 3. The second kappa shape index (κ2) is 6.85. The molecule has 0 saturated carbocycles. The van der Waals surface area contributed by atoms with Crippen molar-refractivity contribution in [3.63, 3.8) is 0 Å². The number of amides is 2. The van der Waals surface area contributed by atoms with Gasteiger partial charge >= 0.3 is 0 Å². The number of nitrogens with zero attached hydrogens (tertiary/aromatic N) is 1. The minimum atomic E-state index is -0.249. The Labute approximate surface area is 173 Å². The van der Waals surface area contributed by atoms with Crippen molar-refractivity contribution in [1.29, 1.82) is 0 Å². The van der Waals surface area contributed by atoms with Crippen LogP contribution in [-0.2, 0) is 0 Å². The molecule has 4 rings (SSSR count). The number of carbonyl (C=O) groups is 2. The number of hydrogen-bond acceptors (Lipinski definition) is 2. The number of para-hydroxylation sites is 1. The molecule has 1 aliphatic rings. The van der Waals surface area contributed by atoms with E-state index < -0.39 is 0 Å². The summed E-state index contributed by atoms with van der Waals surface area (Å²) < 4.78 is 0.825. The van der Waals surface area contributed by atoms with Crippen LogP contribution in [0.2, 0.25) is 0 Å². The number of benzene rings is 3. The van der Waals surface area contributed by atoms with Crippen LogP contribution < -0.4 is 4.90 Å². The lowest BCUT2D eigenvalue weighted by Crippen LogP contribution is -2.31. The van der Waals surface area contributed by atoms with Crippen LogP contribution in [0.1, 0.15) is 71.4 Å². The fraction of sp³-hybridized carbons (Fsp3) is 0.250. The molecule has 28 heavy (non-hydrogen) atoms. The first kappa shape index (κ1) is 18.9. The van der Waals surface area contributed by atoms with Gasteiger partial charge in [0.25, 0.3) is 11.8 Å². The third-order valence-electron chi connectivity index (χ3n) is 5.41. The van der Waals surface area contributed by atoms with Gasteiger partial charge in [0.05, 0.1) is 16.8 Å². The van der Waals surface area contributed by atoms with Crippen LogP contribution in [0.25, 0.3) is 10.8 Å². The van der Waals surface area contributed by atoms with Crippen molar-refractivity contribution >= 4 is 44.2 Å². The van der Waals surface area contributed by atoms with E-state index in [1.165, 1.54) is 4.90 Å². The molecule has 1 heterocycles. The number of hydrogen-bond donors (Lipinski definition) is 0. The molecule has 3 aromatic rings. The lowest BCUT2D eigenvalue weighted by Gasteiger charge is -2.25. The van der Waals surface area contributed by atoms with E-state index in [1.54, 1.807) is 6.07 Å². The molecule has 0 N–H and O–H groups in total. The van der Waals surface area contributed by atoms with Crippen molar-refractivity contribution in [2.75, 3.05) is 4.90 Å². The Balaban J connectivity index is 2.01. The number of carbonyl (C=O) groups excluding carboxylic acids is 2. The number of imide groups is 1. The van der Waals surface area contributed by atoms with Crippen molar-refractivity contribution in [1.82, 2.24) is 0 Å². The van der Waals surface area contributed by atoms with Gasteiger partial charge in [0.1, 0.15) is 0 Å². The van der Waals surface area contributed by atoms with Gasteiger partial charge in [0.2, 0.25) is 0 Å². The average Bonchev–Trinajstić information content (AvgIpc) is 2.91. The molecular formula is C24H22BrNO2. The minimum absolute atomic E-state index is 0.196. The Bertz CT molecular complexity index is 1100. The Kier molecular flexibility index (Phi) is 4.62. The van der Waals surface area contributed by atoms with Crippen LogP contribution in [0.4, 0.5) is 5.69 Å². The molecule has 2 amide bonds. The average molecular weight is 436 g/mol. The summed E-state index contributed by atoms with van der Waals surface area (Å²) in [6, 6.07) is 15.5. The second-order valence-electron chi connectivity index (χ2n) is 7.87. The highest BCUT2D eigenvalue weighted by Gasteiger charge is 2.40. The van der Waals surface area contributed by atoms with Gasteiger partial charge < -0.3 is 0 Å². The quantitative estimate of drug-likeness (QED) is 0.431. The van der Waals surface area contributed by atoms with Crippen molar-refractivity contribution in [2.24, 2.45) is 0 Å². The molecule has 142 valence electrons. The predicted molar refractivity (Wildman–Crippen MR) is 117 cm³/mol. The standard InChI is InChI=1S/C24H22BrNO2/c1-13(2)15-10-7-11-16(14(3)4)22(15)26-23(27)19-12-20(25)17-8-5-6-9-18(17)21(19)24(26)28/h5-14H,1-4H3. The number of halogens is 1. The second-order valence-corrected chi connectivity index (χ2v) is 8.72. The van der Waals surface area contributed by atoms with E-state index in [1.807, 2.05) is 42.5 Å². The largest absolute Gasteiger partial charge is 0.268 e. The summed E-state index contributed by atoms with van der Waals surface area (Å²) in [4.78, 5) is 28.4. The maximum atomic E-state index is 13.6. The molecule has 0 fully saturated rings. The highest BCUT2D eigenvalue weighted by molar-refractivity contribution is 9.10. The lowest BCUT2D eigenvalue weighted by atomic mass is 9.92. The van der Waals surface area contributed by atoms with Crippen LogP contribution in [0, 0.1) is 0 Å². The Morgan fingerprint density at radius 3 is 1.93 bits per heavy atom. The maximum absolute atomic E-state index is 13.6. The molecule has 0 aromatic heterocycles. The highest BCUT2D eigenvalue weighted by Crippen LogP contribution is 2.42. The van der Waals surface area contributed by atoms with E-state index in [0.717, 1.165) is 32.1 Å². The molecule has 0 aliphatic carbocycles. The first-order valence-corrected chi connectivity index (χ1v) is 10.3. The third-order valence-corrected chi connectivity index (χ3v) is 6.07. The van der Waals surface area contributed by atoms with E-state index in [-0.39, 0.29) is 23.7 Å². The fourth-order valence-electron chi connectivity index (χ4n) is 4.03. The predicted octanol–water partition coefficient (Wildman–Crippen LogP) is 6.65. The Morgan fingerprint density at radius 2 is 1.36 bits per heavy atom. The molecule has 0 atom stereocenters. The van der Waals surface area contributed by atoms with Gasteiger partial charge in [-0.3, -0.25) is 9.59 Å². The summed E-state index contributed by atoms with van der Waals surface area (Å²) in [6.07, 6.45) is 0. The molecule has 1 aliphatic heterocycles. The van der Waals surface area contributed by atoms with Gasteiger partial charge in [0, 0.05) is 4.47 Å². The minimum Gasteiger partial charge on any atom is -0.268 e. The van der Waals surface area contributed by atoms with Crippen LogP contribution >= 0.6 is 15.9 Å². The van der Waals surface area contributed by atoms with Gasteiger partial charge in [-0.2, -0.15) is 0 Å². The zero-order chi connectivity index (χ0) is 20.2. The van der Waals surface area contributed by atoms with Crippen molar-refractivity contribution in [3.05, 3.63) is 75.3 Å². The summed E-state index contributed by atoms with van der Waals surface area (Å²) in [5.41, 5.74) is 3.74. The zero-order valence-electron chi connectivity index (χ0n) is 16.4. The van der Waals surface area contributed by atoms with Crippen molar-refractivity contribution in [3.8, 4) is 0 Å². The van der Waals surface area contributed by atoms with Crippen LogP contribution in [-0.4, -0.2) is 11.8 Å². The SMILES string of the molecule is CC(C)c1cccc(C(C)C)c1N1C(=O)c2cc(Br)c3ccccc3c2C1=O. The van der Waals surface area contributed by atoms with Crippen molar-refractivity contribution < 1.29 is 9.59 Å². The van der Waals surface area contributed by atoms with E-state index >= 15 is 0 Å². The fourth-order valence-corrected chi connectivity index (χ4v) is 4.60. The van der Waals surface area contributed by atoms with Gasteiger partial charge in [-0.15, -0.1) is 0 Å². The number of rotatable bonds is 3. The van der Waals surface area contributed by atoms with Crippen LogP contribution in [0.15, 0.2) is 53.0 Å². The highest BCUT2D eigenvalue weighted by atomic mass is 79.9. The zero-order valence-corrected chi connectivity index (χ0v) is 18.0. The van der Waals surface area contributed by atoms with E-state index in [2.05, 4.69) is 43.6 Å². The molecular weight excluding hydrogens is 414 g/mol. The van der Waals surface area contributed by atoms with E-state index in [0.29, 0.717) is 11.1 Å². The van der Waals surface area contributed by atoms with Gasteiger partial charge in [0.15, 0.2) is 0 Å². The molecule has 0 bridgehead atoms. The van der Waals surface area contributed by atoms with Crippen molar-refractivity contribution in [2.45, 2.75) is 39.5 Å². The van der Waals surface area contributed by atoms with Gasteiger partial charge in [-0.05, 0) is 39.8 Å². The van der Waals surface area contributed by atoms with E-state index in [9.17, 15) is 9.59 Å². The summed E-state index contributed by atoms with van der Waals surface area (Å²) in [5, 5.41) is 1.74. The summed E-state index contributed by atoms with van der Waals surface area (Å²) in [6.45, 7) is 8.36. The monoisotopic (exact) mass is 435 g/mol. The van der Waals surface area contributed by atoms with Gasteiger partial charge in [-0.1, -0.05) is 86.1 Å². The van der Waals surface area contributed by atoms with Crippen LogP contribution in [0.5, 0.6) is 0 Å². The molecule has 0 spiro atoms. The van der Waals surface area contributed by atoms with E-state index in [4.69, 9.17) is 0 Å². The smallest absolute Gasteiger partial charge is 0.266 e. The first-order chi connectivity index (χ1) is 13.3. The van der Waals surface area contributed by atoms with Crippen LogP contribution in [0.3, 0.4) is 0 Å². The molecule has 3 aromatic carbocycles. The number of anilines is 1. The Morgan fingerprint density at radius 1 is 0.786 bits per heavy atom. The molecule has 3 nitrogen and oxygen atoms in total. The lowest BCUT2D eigenvalue weighted by molar-refractivity contribution is 0.0926. The Hall–Kier alpha value is -2.46. The first-order valence-electron chi connectivity index (χ1n) is 9.55. The maximum Gasteiger partial charge on any atom is 0.266 e. The third kappa shape index (κ3) is 2.70. The molecule has 4 heteroatoms. The molecule has 0 saturated heterocycles. The molecule has 0 unspecified atom stereocenters. The summed E-state index contributed by atoms with van der Waals surface area (Å²) in [5.74, 6) is -0.0943. The summed E-state index contributed by atoms with van der Waals surface area (Å²) >= 11 is 3.57. The van der Waals surface area contributed by atoms with Gasteiger partial charge in [-0.25, -0.2) is 4.90 Å². The normalized spacial score (nSPS) is 13.9.